The Balaban J connectivity index is 0.000000180. The van der Waals surface area contributed by atoms with Gasteiger partial charge in [0.2, 0.25) is 0 Å². The Morgan fingerprint density at radius 1 is 0.476 bits per heavy atom. The van der Waals surface area contributed by atoms with E-state index in [0.717, 1.165) is 94.2 Å². The zero-order valence-electron chi connectivity index (χ0n) is 35.8. The van der Waals surface area contributed by atoms with Crippen LogP contribution in [-0.2, 0) is 20.1 Å². The zero-order valence-corrected chi connectivity index (χ0v) is 39.2. The Morgan fingerprint density at radius 2 is 1.13 bits per heavy atom. The number of fused-ring (bicyclic) bond motifs is 6. The van der Waals surface area contributed by atoms with Crippen LogP contribution in [0.3, 0.4) is 0 Å². The SMILES string of the molecule is Cc1cc(-c2[c-]ccc3c2oc2ccc(-c4cccc5c4oc4ccccc45)cc23)ncc1-c1ccccc1.Cc1cc(-c2ccc([Si](C)(C)C)cn2)[c-]cc1-c1ccccc1.[Ir]. The third-order valence-corrected chi connectivity index (χ3v) is 13.8. The summed E-state index contributed by atoms with van der Waals surface area (Å²) in [6.45, 7) is 11.3. The standard InChI is InChI=1S/C36H22NO2.C21H22NSi.Ir/c1-22-19-32(37-21-31(22)23-9-3-2-4-10-23)29-15-8-14-28-30-20-24(17-18-34(30)39-36(28)29)25-12-7-13-27-26-11-5-6-16-33(26)38-35(25)27;1-16-14-18(10-12-20(16)17-8-6-5-7-9-17)21-13-11-19(15-22-21)23(2,3)4;/h2-14,16-21H,1H3;5-9,11-15H,1-4H3;/q2*-1;. The summed E-state index contributed by atoms with van der Waals surface area (Å²) in [4.78, 5) is 9.49. The molecule has 0 saturated heterocycles. The number of nitrogens with zero attached hydrogens (tertiary/aromatic N) is 2. The summed E-state index contributed by atoms with van der Waals surface area (Å²) in [7, 11) is -1.29. The summed E-state index contributed by atoms with van der Waals surface area (Å²) in [5, 5.41) is 5.74. The van der Waals surface area contributed by atoms with Gasteiger partial charge < -0.3 is 18.8 Å². The van der Waals surface area contributed by atoms with Crippen LogP contribution < -0.4 is 5.19 Å². The molecule has 63 heavy (non-hydrogen) atoms. The number of furan rings is 2. The maximum Gasteiger partial charge on any atom is 0.143 e. The predicted octanol–water partition coefficient (Wildman–Crippen LogP) is 15.1. The second-order valence-electron chi connectivity index (χ2n) is 16.9. The van der Waals surface area contributed by atoms with Gasteiger partial charge in [-0.25, -0.2) is 0 Å². The van der Waals surface area contributed by atoms with E-state index in [1.165, 1.54) is 21.9 Å². The maximum absolute atomic E-state index is 6.42. The molecule has 0 aliphatic rings. The van der Waals surface area contributed by atoms with Crippen molar-refractivity contribution >= 4 is 57.1 Å². The zero-order chi connectivity index (χ0) is 42.4. The Bertz CT molecular complexity index is 3400. The van der Waals surface area contributed by atoms with E-state index in [4.69, 9.17) is 13.8 Å². The molecule has 6 heteroatoms. The van der Waals surface area contributed by atoms with Gasteiger partial charge in [0.05, 0.1) is 13.7 Å². The molecule has 0 unspecified atom stereocenters. The van der Waals surface area contributed by atoms with Crippen molar-refractivity contribution in [2.45, 2.75) is 33.5 Å². The van der Waals surface area contributed by atoms with E-state index < -0.39 is 8.07 Å². The first-order valence-corrected chi connectivity index (χ1v) is 24.5. The molecule has 4 aromatic heterocycles. The maximum atomic E-state index is 6.42. The van der Waals surface area contributed by atoms with Crippen molar-refractivity contribution in [1.82, 2.24) is 9.97 Å². The molecule has 4 nitrogen and oxygen atoms in total. The molecule has 309 valence electrons. The molecule has 11 rings (SSSR count). The number of pyridine rings is 2. The first-order chi connectivity index (χ1) is 30.2. The van der Waals surface area contributed by atoms with Gasteiger partial charge in [0, 0.05) is 59.8 Å². The largest absolute Gasteiger partial charge is 0.501 e. The summed E-state index contributed by atoms with van der Waals surface area (Å²) >= 11 is 0. The van der Waals surface area contributed by atoms with Crippen molar-refractivity contribution in [3.05, 3.63) is 199 Å². The number of para-hydroxylation sites is 2. The molecule has 0 N–H and O–H groups in total. The summed E-state index contributed by atoms with van der Waals surface area (Å²) in [5.41, 5.74) is 16.5. The molecule has 0 spiro atoms. The van der Waals surface area contributed by atoms with Crippen LogP contribution in [-0.4, -0.2) is 18.0 Å². The Hall–Kier alpha value is -6.69. The number of hydrogen-bond donors (Lipinski definition) is 0. The van der Waals surface area contributed by atoms with Gasteiger partial charge in [0.1, 0.15) is 16.7 Å². The van der Waals surface area contributed by atoms with Crippen molar-refractivity contribution in [2.75, 3.05) is 0 Å². The second-order valence-corrected chi connectivity index (χ2v) is 22.0. The molecule has 1 radical (unpaired) electrons. The summed E-state index contributed by atoms with van der Waals surface area (Å²) in [5.74, 6) is 0. The fourth-order valence-corrected chi connectivity index (χ4v) is 9.39. The van der Waals surface area contributed by atoms with E-state index in [2.05, 4.69) is 172 Å². The van der Waals surface area contributed by atoms with Crippen LogP contribution in [0.2, 0.25) is 19.6 Å². The number of benzene rings is 7. The van der Waals surface area contributed by atoms with E-state index >= 15 is 0 Å². The van der Waals surface area contributed by atoms with Crippen LogP contribution in [0.15, 0.2) is 185 Å². The summed E-state index contributed by atoms with van der Waals surface area (Å²) in [6.07, 6.45) is 3.98. The van der Waals surface area contributed by atoms with Crippen LogP contribution in [0.1, 0.15) is 11.1 Å². The van der Waals surface area contributed by atoms with Crippen molar-refractivity contribution in [1.29, 1.82) is 0 Å². The third-order valence-electron chi connectivity index (χ3n) is 11.7. The molecule has 0 bridgehead atoms. The van der Waals surface area contributed by atoms with Crippen LogP contribution in [0, 0.1) is 26.0 Å². The molecule has 0 aliphatic carbocycles. The van der Waals surface area contributed by atoms with Gasteiger partial charge in [0.25, 0.3) is 0 Å². The van der Waals surface area contributed by atoms with Crippen molar-refractivity contribution in [3.63, 3.8) is 0 Å². The fraction of sp³-hybridized carbons (Fsp3) is 0.0877. The van der Waals surface area contributed by atoms with Crippen LogP contribution in [0.25, 0.3) is 99.8 Å². The van der Waals surface area contributed by atoms with Crippen LogP contribution in [0.4, 0.5) is 0 Å². The molecule has 7 aromatic carbocycles. The van der Waals surface area contributed by atoms with Gasteiger partial charge >= 0.3 is 0 Å². The van der Waals surface area contributed by atoms with E-state index in [1.54, 1.807) is 0 Å². The summed E-state index contributed by atoms with van der Waals surface area (Å²) in [6, 6.07) is 63.2. The molecule has 11 aromatic rings. The normalized spacial score (nSPS) is 11.4. The molecule has 4 heterocycles. The minimum absolute atomic E-state index is 0. The Kier molecular flexibility index (Phi) is 11.4. The van der Waals surface area contributed by atoms with Crippen molar-refractivity contribution in [3.8, 4) is 55.9 Å². The topological polar surface area (TPSA) is 52.1 Å². The molecular formula is C57H44IrN2O2Si-2. The molecule has 0 amide bonds. The van der Waals surface area contributed by atoms with E-state index in [-0.39, 0.29) is 20.1 Å². The molecule has 0 fully saturated rings. The predicted molar refractivity (Wildman–Crippen MR) is 260 cm³/mol. The van der Waals surface area contributed by atoms with Gasteiger partial charge in [-0.1, -0.05) is 170 Å². The first-order valence-electron chi connectivity index (χ1n) is 21.0. The van der Waals surface area contributed by atoms with Gasteiger partial charge in [-0.05, 0) is 58.4 Å². The van der Waals surface area contributed by atoms with Crippen molar-refractivity contribution in [2.24, 2.45) is 0 Å². The number of aryl methyl sites for hydroxylation is 2. The monoisotopic (exact) mass is 1010 g/mol. The molecule has 0 saturated carbocycles. The fourth-order valence-electron chi connectivity index (χ4n) is 8.36. The van der Waals surface area contributed by atoms with Crippen LogP contribution in [0.5, 0.6) is 0 Å². The third kappa shape index (κ3) is 8.10. The average Bonchev–Trinajstić information content (AvgIpc) is 3.88. The smallest absolute Gasteiger partial charge is 0.143 e. The molecular weight excluding hydrogens is 965 g/mol. The summed E-state index contributed by atoms with van der Waals surface area (Å²) < 4.78 is 12.7. The van der Waals surface area contributed by atoms with Gasteiger partial charge in [-0.2, -0.15) is 0 Å². The average molecular weight is 1010 g/mol. The van der Waals surface area contributed by atoms with Gasteiger partial charge in [-0.15, -0.1) is 47.5 Å². The van der Waals surface area contributed by atoms with Gasteiger partial charge in [0.15, 0.2) is 0 Å². The van der Waals surface area contributed by atoms with E-state index in [9.17, 15) is 0 Å². The minimum atomic E-state index is -1.29. The first kappa shape index (κ1) is 41.6. The quantitative estimate of drug-likeness (QED) is 0.123. The minimum Gasteiger partial charge on any atom is -0.501 e. The van der Waals surface area contributed by atoms with E-state index in [1.807, 2.05) is 54.9 Å². The number of aromatic nitrogens is 2. The molecule has 0 atom stereocenters. The Labute approximate surface area is 382 Å². The molecule has 0 aliphatic heterocycles. The van der Waals surface area contributed by atoms with E-state index in [0.29, 0.717) is 0 Å². The van der Waals surface area contributed by atoms with Crippen LogP contribution >= 0.6 is 0 Å². The second kappa shape index (κ2) is 17.2. The number of hydrogen-bond acceptors (Lipinski definition) is 4. The Morgan fingerprint density at radius 3 is 1.84 bits per heavy atom. The van der Waals surface area contributed by atoms with Gasteiger partial charge in [-0.3, -0.25) is 0 Å². The number of rotatable bonds is 6. The van der Waals surface area contributed by atoms with Crippen molar-refractivity contribution < 1.29 is 28.9 Å².